The first-order chi connectivity index (χ1) is 13.8. The lowest BCUT2D eigenvalue weighted by molar-refractivity contribution is 0.0487. The fourth-order valence-corrected chi connectivity index (χ4v) is 3.61. The summed E-state index contributed by atoms with van der Waals surface area (Å²) in [5.74, 6) is 0.842. The molecular weight excluding hydrogens is 499 g/mol. The van der Waals surface area contributed by atoms with Crippen molar-refractivity contribution in [1.82, 2.24) is 15.6 Å². The predicted octanol–water partition coefficient (Wildman–Crippen LogP) is 4.24. The molecule has 0 atom stereocenters. The van der Waals surface area contributed by atoms with Crippen LogP contribution in [0.2, 0.25) is 0 Å². The zero-order valence-electron chi connectivity index (χ0n) is 17.6. The second-order valence-electron chi connectivity index (χ2n) is 6.44. The van der Waals surface area contributed by atoms with E-state index in [2.05, 4.69) is 52.7 Å². The minimum atomic E-state index is 0. The number of aromatic nitrogens is 1. The van der Waals surface area contributed by atoms with Crippen molar-refractivity contribution in [3.63, 3.8) is 0 Å². The van der Waals surface area contributed by atoms with E-state index in [4.69, 9.17) is 9.47 Å². The van der Waals surface area contributed by atoms with Crippen molar-refractivity contribution in [2.75, 3.05) is 46.1 Å². The Morgan fingerprint density at radius 3 is 2.59 bits per heavy atom. The number of rotatable bonds is 14. The van der Waals surface area contributed by atoms with E-state index in [0.717, 1.165) is 63.4 Å². The van der Waals surface area contributed by atoms with Crippen LogP contribution < -0.4 is 10.6 Å². The molecule has 0 saturated heterocycles. The number of thiazole rings is 1. The highest BCUT2D eigenvalue weighted by Gasteiger charge is 2.03. The molecule has 1 heterocycles. The summed E-state index contributed by atoms with van der Waals surface area (Å²) in [5.41, 5.74) is 1.09. The maximum atomic E-state index is 5.58. The van der Waals surface area contributed by atoms with Gasteiger partial charge >= 0.3 is 0 Å². The van der Waals surface area contributed by atoms with Gasteiger partial charge in [-0.2, -0.15) is 0 Å². The van der Waals surface area contributed by atoms with Gasteiger partial charge in [-0.25, -0.2) is 4.98 Å². The van der Waals surface area contributed by atoms with E-state index >= 15 is 0 Å². The monoisotopic (exact) mass is 534 g/mol. The van der Waals surface area contributed by atoms with Gasteiger partial charge in [0.15, 0.2) is 5.96 Å². The molecule has 29 heavy (non-hydrogen) atoms. The highest BCUT2D eigenvalue weighted by Crippen LogP contribution is 2.22. The van der Waals surface area contributed by atoms with E-state index < -0.39 is 0 Å². The van der Waals surface area contributed by atoms with Gasteiger partial charge in [0.05, 0.1) is 35.0 Å². The highest BCUT2D eigenvalue weighted by atomic mass is 127. The van der Waals surface area contributed by atoms with Crippen LogP contribution in [0.4, 0.5) is 0 Å². The number of hydrogen-bond donors (Lipinski definition) is 2. The van der Waals surface area contributed by atoms with Gasteiger partial charge in [-0.05, 0) is 31.9 Å². The van der Waals surface area contributed by atoms with Gasteiger partial charge in [-0.15, -0.1) is 35.3 Å². The fraction of sp³-hybridized carbons (Fsp3) is 0.619. The van der Waals surface area contributed by atoms with Crippen molar-refractivity contribution in [2.24, 2.45) is 4.99 Å². The average molecular weight is 535 g/mol. The number of nitrogens with zero attached hydrogens (tertiary/aromatic N) is 2. The van der Waals surface area contributed by atoms with Gasteiger partial charge in [0.2, 0.25) is 0 Å². The molecule has 2 N–H and O–H groups in total. The van der Waals surface area contributed by atoms with Crippen molar-refractivity contribution in [3.05, 3.63) is 29.3 Å². The smallest absolute Gasteiger partial charge is 0.191 e. The number of halogens is 1. The van der Waals surface area contributed by atoms with E-state index in [1.54, 1.807) is 11.3 Å². The molecule has 0 spiro atoms. The number of nitrogens with one attached hydrogen (secondary N) is 2. The van der Waals surface area contributed by atoms with E-state index in [1.165, 1.54) is 9.71 Å². The lowest BCUT2D eigenvalue weighted by Crippen LogP contribution is -2.39. The van der Waals surface area contributed by atoms with Crippen LogP contribution in [0.15, 0.2) is 29.3 Å². The SMILES string of the molecule is CCCCOCCOCCNC(=NCCCc1nc2ccccc2s1)NCC.I. The molecule has 8 heteroatoms. The van der Waals surface area contributed by atoms with Crippen LogP contribution >= 0.6 is 35.3 Å². The normalized spacial score (nSPS) is 11.4. The number of benzene rings is 1. The maximum Gasteiger partial charge on any atom is 0.191 e. The molecule has 0 fully saturated rings. The summed E-state index contributed by atoms with van der Waals surface area (Å²) in [5, 5.41) is 7.77. The first-order valence-corrected chi connectivity index (χ1v) is 11.2. The number of guanidine groups is 1. The molecule has 0 bridgehead atoms. The molecule has 0 aliphatic rings. The number of unbranched alkanes of at least 4 members (excludes halogenated alkanes) is 1. The molecule has 1 aromatic heterocycles. The lowest BCUT2D eigenvalue weighted by Gasteiger charge is -2.11. The topological polar surface area (TPSA) is 67.8 Å². The summed E-state index contributed by atoms with van der Waals surface area (Å²) in [6.45, 7) is 9.37. The first-order valence-electron chi connectivity index (χ1n) is 10.4. The van der Waals surface area contributed by atoms with Crippen molar-refractivity contribution in [1.29, 1.82) is 0 Å². The standard InChI is InChI=1S/C21H34N4O2S.HI/c1-3-5-14-26-16-17-27-15-13-24-21(22-4-2)23-12-8-11-20-25-18-9-6-7-10-19(18)28-20;/h6-7,9-10H,3-5,8,11-17H2,1-2H3,(H2,22,23,24);1H. The molecule has 0 aliphatic carbocycles. The van der Waals surface area contributed by atoms with Crippen molar-refractivity contribution in [2.45, 2.75) is 39.5 Å². The van der Waals surface area contributed by atoms with Crippen LogP contribution in [0.25, 0.3) is 10.2 Å². The Kier molecular flexibility index (Phi) is 15.1. The quantitative estimate of drug-likeness (QED) is 0.164. The Balaban J connectivity index is 0.00000420. The highest BCUT2D eigenvalue weighted by molar-refractivity contribution is 14.0. The molecule has 1 aromatic carbocycles. The van der Waals surface area contributed by atoms with Gasteiger partial charge in [-0.3, -0.25) is 4.99 Å². The number of fused-ring (bicyclic) bond motifs is 1. The number of aryl methyl sites for hydroxylation is 1. The molecule has 0 amide bonds. The molecular formula is C21H35IN4O2S. The van der Waals surface area contributed by atoms with Gasteiger partial charge < -0.3 is 20.1 Å². The molecule has 0 radical (unpaired) electrons. The summed E-state index contributed by atoms with van der Waals surface area (Å²) < 4.78 is 12.3. The number of ether oxygens (including phenoxy) is 2. The second-order valence-corrected chi connectivity index (χ2v) is 7.56. The van der Waals surface area contributed by atoms with E-state index in [0.29, 0.717) is 19.8 Å². The van der Waals surface area contributed by atoms with Crippen LogP contribution in [0.5, 0.6) is 0 Å². The van der Waals surface area contributed by atoms with Crippen molar-refractivity contribution in [3.8, 4) is 0 Å². The molecule has 2 aromatic rings. The van der Waals surface area contributed by atoms with E-state index in [9.17, 15) is 0 Å². The van der Waals surface area contributed by atoms with Crippen LogP contribution in [-0.2, 0) is 15.9 Å². The number of para-hydroxylation sites is 1. The maximum absolute atomic E-state index is 5.58. The van der Waals surface area contributed by atoms with Crippen LogP contribution in [0.1, 0.15) is 38.1 Å². The third-order valence-electron chi connectivity index (χ3n) is 4.05. The summed E-state index contributed by atoms with van der Waals surface area (Å²) >= 11 is 1.78. The first kappa shape index (κ1) is 26.1. The minimum Gasteiger partial charge on any atom is -0.379 e. The summed E-state index contributed by atoms with van der Waals surface area (Å²) in [6.07, 6.45) is 4.23. The summed E-state index contributed by atoms with van der Waals surface area (Å²) in [4.78, 5) is 9.32. The zero-order chi connectivity index (χ0) is 19.9. The zero-order valence-corrected chi connectivity index (χ0v) is 20.8. The van der Waals surface area contributed by atoms with Gasteiger partial charge in [0, 0.05) is 32.7 Å². The lowest BCUT2D eigenvalue weighted by atomic mass is 10.3. The minimum absolute atomic E-state index is 0. The Morgan fingerprint density at radius 2 is 1.83 bits per heavy atom. The molecule has 164 valence electrons. The fourth-order valence-electron chi connectivity index (χ4n) is 2.60. The molecule has 6 nitrogen and oxygen atoms in total. The van der Waals surface area contributed by atoms with Gasteiger partial charge in [0.1, 0.15) is 0 Å². The Labute approximate surface area is 195 Å². The second kappa shape index (κ2) is 16.8. The summed E-state index contributed by atoms with van der Waals surface area (Å²) in [7, 11) is 0. The Bertz CT molecular complexity index is 663. The van der Waals surface area contributed by atoms with Crippen molar-refractivity contribution >= 4 is 51.5 Å². The third kappa shape index (κ3) is 11.1. The number of aliphatic imine (C=N–C) groups is 1. The average Bonchev–Trinajstić information content (AvgIpc) is 3.12. The van der Waals surface area contributed by atoms with Crippen LogP contribution in [0, 0.1) is 0 Å². The largest absolute Gasteiger partial charge is 0.379 e. The van der Waals surface area contributed by atoms with E-state index in [-0.39, 0.29) is 24.0 Å². The van der Waals surface area contributed by atoms with Crippen LogP contribution in [-0.4, -0.2) is 57.0 Å². The van der Waals surface area contributed by atoms with E-state index in [1.807, 2.05) is 6.07 Å². The molecule has 0 saturated carbocycles. The van der Waals surface area contributed by atoms with Gasteiger partial charge in [0.25, 0.3) is 0 Å². The molecule has 0 unspecified atom stereocenters. The Hall–Kier alpha value is -0.970. The van der Waals surface area contributed by atoms with Crippen molar-refractivity contribution < 1.29 is 9.47 Å². The molecule has 0 aliphatic heterocycles. The Morgan fingerprint density at radius 1 is 1.03 bits per heavy atom. The predicted molar refractivity (Wildman–Crippen MR) is 134 cm³/mol. The molecule has 2 rings (SSSR count). The third-order valence-corrected chi connectivity index (χ3v) is 5.15. The van der Waals surface area contributed by atoms with Gasteiger partial charge in [-0.1, -0.05) is 25.5 Å². The summed E-state index contributed by atoms with van der Waals surface area (Å²) in [6, 6.07) is 8.29. The van der Waals surface area contributed by atoms with Crippen LogP contribution in [0.3, 0.4) is 0 Å². The number of hydrogen-bond acceptors (Lipinski definition) is 5.